The Labute approximate surface area is 122 Å². The molecule has 20 heavy (non-hydrogen) atoms. The summed E-state index contributed by atoms with van der Waals surface area (Å²) in [4.78, 5) is 2.28. The van der Waals surface area contributed by atoms with Gasteiger partial charge in [0.05, 0.1) is 19.3 Å². The Morgan fingerprint density at radius 1 is 1.30 bits per heavy atom. The van der Waals surface area contributed by atoms with Gasteiger partial charge in [-0.05, 0) is 19.1 Å². The van der Waals surface area contributed by atoms with Gasteiger partial charge >= 0.3 is 0 Å². The molecule has 0 amide bonds. The topological polar surface area (TPSA) is 60.9 Å². The fourth-order valence-corrected chi connectivity index (χ4v) is 2.40. The van der Waals surface area contributed by atoms with Gasteiger partial charge in [-0.25, -0.2) is 0 Å². The standard InChI is InChI=1S/C15H28N2O3/c1-5-13-6-7-15(20-13)14(10-16)17(8-9-18-3)12(2)11-19-4/h6-7,12,14H,5,8-11,16H2,1-4H3. The van der Waals surface area contributed by atoms with E-state index >= 15 is 0 Å². The normalized spacial score (nSPS) is 14.7. The van der Waals surface area contributed by atoms with Gasteiger partial charge in [-0.3, -0.25) is 4.90 Å². The van der Waals surface area contributed by atoms with Gasteiger partial charge in [0.2, 0.25) is 0 Å². The highest BCUT2D eigenvalue weighted by Crippen LogP contribution is 2.24. The summed E-state index contributed by atoms with van der Waals surface area (Å²) in [6, 6.07) is 4.35. The van der Waals surface area contributed by atoms with E-state index in [9.17, 15) is 0 Å². The van der Waals surface area contributed by atoms with Crippen LogP contribution >= 0.6 is 0 Å². The lowest BCUT2D eigenvalue weighted by molar-refractivity contribution is 0.0422. The number of hydrogen-bond acceptors (Lipinski definition) is 5. The Morgan fingerprint density at radius 2 is 2.05 bits per heavy atom. The Kier molecular flexibility index (Phi) is 7.84. The predicted octanol–water partition coefficient (Wildman–Crippen LogP) is 1.83. The van der Waals surface area contributed by atoms with Crippen molar-refractivity contribution in [3.8, 4) is 0 Å². The Hall–Kier alpha value is -0.880. The molecule has 1 aromatic rings. The van der Waals surface area contributed by atoms with Gasteiger partial charge in [0, 0.05) is 39.8 Å². The Balaban J connectivity index is 2.87. The average Bonchev–Trinajstić information content (AvgIpc) is 2.92. The number of nitrogens with two attached hydrogens (primary N) is 1. The van der Waals surface area contributed by atoms with E-state index < -0.39 is 0 Å². The molecule has 0 aliphatic rings. The number of ether oxygens (including phenoxy) is 2. The number of nitrogens with zero attached hydrogens (tertiary/aromatic N) is 1. The fraction of sp³-hybridized carbons (Fsp3) is 0.733. The van der Waals surface area contributed by atoms with E-state index in [2.05, 4.69) is 18.7 Å². The van der Waals surface area contributed by atoms with Crippen LogP contribution in [0.1, 0.15) is 31.4 Å². The molecule has 2 atom stereocenters. The monoisotopic (exact) mass is 284 g/mol. The van der Waals surface area contributed by atoms with Crippen molar-refractivity contribution < 1.29 is 13.9 Å². The molecule has 0 aliphatic heterocycles. The van der Waals surface area contributed by atoms with Crippen molar-refractivity contribution in [1.29, 1.82) is 0 Å². The van der Waals surface area contributed by atoms with Crippen LogP contribution < -0.4 is 5.73 Å². The number of furan rings is 1. The summed E-state index contributed by atoms with van der Waals surface area (Å²) >= 11 is 0. The van der Waals surface area contributed by atoms with Crippen molar-refractivity contribution in [1.82, 2.24) is 4.90 Å². The minimum atomic E-state index is 0.0515. The van der Waals surface area contributed by atoms with Gasteiger partial charge < -0.3 is 19.6 Å². The summed E-state index contributed by atoms with van der Waals surface area (Å²) < 4.78 is 16.3. The van der Waals surface area contributed by atoms with Crippen molar-refractivity contribution in [2.24, 2.45) is 5.73 Å². The van der Waals surface area contributed by atoms with Crippen molar-refractivity contribution in [2.45, 2.75) is 32.4 Å². The molecular formula is C15H28N2O3. The lowest BCUT2D eigenvalue weighted by Crippen LogP contribution is -2.43. The van der Waals surface area contributed by atoms with Crippen molar-refractivity contribution in [3.63, 3.8) is 0 Å². The zero-order chi connectivity index (χ0) is 15.0. The number of hydrogen-bond donors (Lipinski definition) is 1. The molecule has 2 unspecified atom stereocenters. The molecule has 0 saturated heterocycles. The zero-order valence-corrected chi connectivity index (χ0v) is 13.1. The second-order valence-electron chi connectivity index (χ2n) is 4.94. The number of aryl methyl sites for hydroxylation is 1. The van der Waals surface area contributed by atoms with E-state index in [-0.39, 0.29) is 12.1 Å². The third kappa shape index (κ3) is 4.59. The predicted molar refractivity (Wildman–Crippen MR) is 79.8 cm³/mol. The SMILES string of the molecule is CCc1ccc(C(CN)N(CCOC)C(C)COC)o1. The molecule has 5 nitrogen and oxygen atoms in total. The second kappa shape index (κ2) is 9.13. The first-order valence-electron chi connectivity index (χ1n) is 7.20. The van der Waals surface area contributed by atoms with E-state index in [0.717, 1.165) is 24.5 Å². The van der Waals surface area contributed by atoms with Crippen molar-refractivity contribution in [3.05, 3.63) is 23.7 Å². The molecule has 5 heteroatoms. The highest BCUT2D eigenvalue weighted by atomic mass is 16.5. The highest BCUT2D eigenvalue weighted by molar-refractivity contribution is 5.12. The molecule has 1 aromatic heterocycles. The maximum atomic E-state index is 5.98. The summed E-state index contributed by atoms with van der Waals surface area (Å²) in [5.41, 5.74) is 5.98. The molecule has 0 bridgehead atoms. The van der Waals surface area contributed by atoms with Gasteiger partial charge in [0.25, 0.3) is 0 Å². The van der Waals surface area contributed by atoms with Crippen LogP contribution in [0.25, 0.3) is 0 Å². The van der Waals surface area contributed by atoms with Crippen LogP contribution in [0.3, 0.4) is 0 Å². The molecule has 1 heterocycles. The number of rotatable bonds is 10. The van der Waals surface area contributed by atoms with Gasteiger partial charge in [-0.15, -0.1) is 0 Å². The van der Waals surface area contributed by atoms with Gasteiger partial charge in [-0.1, -0.05) is 6.92 Å². The molecule has 0 spiro atoms. The summed E-state index contributed by atoms with van der Waals surface area (Å²) in [7, 11) is 3.42. The highest BCUT2D eigenvalue weighted by Gasteiger charge is 2.26. The molecule has 0 aliphatic carbocycles. The van der Waals surface area contributed by atoms with Crippen LogP contribution in [-0.4, -0.2) is 51.5 Å². The summed E-state index contributed by atoms with van der Waals surface area (Å²) in [6.07, 6.45) is 0.892. The number of methoxy groups -OCH3 is 2. The molecular weight excluding hydrogens is 256 g/mol. The quantitative estimate of drug-likeness (QED) is 0.710. The van der Waals surface area contributed by atoms with Crippen LogP contribution in [0.15, 0.2) is 16.5 Å². The molecule has 0 aromatic carbocycles. The Morgan fingerprint density at radius 3 is 2.55 bits per heavy atom. The first-order chi connectivity index (χ1) is 9.67. The minimum absolute atomic E-state index is 0.0515. The minimum Gasteiger partial charge on any atom is -0.464 e. The molecule has 116 valence electrons. The first-order valence-corrected chi connectivity index (χ1v) is 7.20. The van der Waals surface area contributed by atoms with E-state index in [1.807, 2.05) is 12.1 Å². The van der Waals surface area contributed by atoms with Crippen molar-refractivity contribution in [2.75, 3.05) is 40.5 Å². The smallest absolute Gasteiger partial charge is 0.122 e. The fourth-order valence-electron chi connectivity index (χ4n) is 2.40. The molecule has 1 rings (SSSR count). The molecule has 2 N–H and O–H groups in total. The zero-order valence-electron chi connectivity index (χ0n) is 13.1. The van der Waals surface area contributed by atoms with E-state index in [4.69, 9.17) is 19.6 Å². The van der Waals surface area contributed by atoms with E-state index in [1.165, 1.54) is 0 Å². The third-order valence-electron chi connectivity index (χ3n) is 3.51. The third-order valence-corrected chi connectivity index (χ3v) is 3.51. The van der Waals surface area contributed by atoms with Crippen LogP contribution in [-0.2, 0) is 15.9 Å². The Bertz CT molecular complexity index is 368. The first kappa shape index (κ1) is 17.2. The van der Waals surface area contributed by atoms with Crippen LogP contribution in [0, 0.1) is 0 Å². The van der Waals surface area contributed by atoms with E-state index in [0.29, 0.717) is 19.8 Å². The maximum Gasteiger partial charge on any atom is 0.122 e. The van der Waals surface area contributed by atoms with Gasteiger partial charge in [0.1, 0.15) is 11.5 Å². The van der Waals surface area contributed by atoms with Gasteiger partial charge in [0.15, 0.2) is 0 Å². The van der Waals surface area contributed by atoms with Gasteiger partial charge in [-0.2, -0.15) is 0 Å². The summed E-state index contributed by atoms with van der Waals surface area (Å²) in [5, 5.41) is 0. The lowest BCUT2D eigenvalue weighted by atomic mass is 10.1. The van der Waals surface area contributed by atoms with Crippen LogP contribution in [0.2, 0.25) is 0 Å². The average molecular weight is 284 g/mol. The van der Waals surface area contributed by atoms with Crippen LogP contribution in [0.5, 0.6) is 0 Å². The molecule has 0 fully saturated rings. The van der Waals surface area contributed by atoms with E-state index in [1.54, 1.807) is 14.2 Å². The largest absolute Gasteiger partial charge is 0.464 e. The summed E-state index contributed by atoms with van der Waals surface area (Å²) in [6.45, 7) is 6.83. The lowest BCUT2D eigenvalue weighted by Gasteiger charge is -2.34. The van der Waals surface area contributed by atoms with Crippen LogP contribution in [0.4, 0.5) is 0 Å². The molecule has 0 radical (unpaired) electrons. The second-order valence-corrected chi connectivity index (χ2v) is 4.94. The molecule has 0 saturated carbocycles. The summed E-state index contributed by atoms with van der Waals surface area (Å²) in [5.74, 6) is 1.91. The maximum absolute atomic E-state index is 5.98. The van der Waals surface area contributed by atoms with Crippen molar-refractivity contribution >= 4 is 0 Å².